The van der Waals surface area contributed by atoms with Crippen molar-refractivity contribution in [2.24, 2.45) is 5.92 Å². The normalized spacial score (nSPS) is 19.3. The molecular weight excluding hydrogens is 218 g/mol. The molecule has 0 aliphatic heterocycles. The molecule has 1 aliphatic carbocycles. The van der Waals surface area contributed by atoms with E-state index in [0.717, 1.165) is 6.42 Å². The third-order valence-electron chi connectivity index (χ3n) is 3.58. The molecule has 0 radical (unpaired) electrons. The second kappa shape index (κ2) is 5.71. The van der Waals surface area contributed by atoms with E-state index in [-0.39, 0.29) is 12.6 Å². The maximum Gasteiger partial charge on any atom is 0.408 e. The first-order chi connectivity index (χ1) is 7.86. The molecule has 1 amide bonds. The van der Waals surface area contributed by atoms with Gasteiger partial charge in [-0.05, 0) is 33.1 Å². The summed E-state index contributed by atoms with van der Waals surface area (Å²) in [6, 6.07) is -0.268. The van der Waals surface area contributed by atoms with E-state index in [4.69, 9.17) is 0 Å². The molecule has 1 fully saturated rings. The quantitative estimate of drug-likeness (QED) is 0.798. The third kappa shape index (κ3) is 3.87. The lowest BCUT2D eigenvalue weighted by molar-refractivity contribution is 0.0369. The van der Waals surface area contributed by atoms with Crippen molar-refractivity contribution in [1.82, 2.24) is 4.90 Å². The second-order valence-electron chi connectivity index (χ2n) is 6.05. The van der Waals surface area contributed by atoms with Gasteiger partial charge in [0.2, 0.25) is 0 Å². The fourth-order valence-corrected chi connectivity index (χ4v) is 2.88. The summed E-state index contributed by atoms with van der Waals surface area (Å²) >= 11 is 0. The van der Waals surface area contributed by atoms with Gasteiger partial charge in [0.25, 0.3) is 0 Å². The van der Waals surface area contributed by atoms with E-state index in [0.29, 0.717) is 5.92 Å². The monoisotopic (exact) mass is 243 g/mol. The zero-order valence-corrected chi connectivity index (χ0v) is 11.1. The van der Waals surface area contributed by atoms with Gasteiger partial charge in [0.15, 0.2) is 0 Å². The Labute approximate surface area is 104 Å². The SMILES string of the molecule is CC(C)(C)N(C(=O)O)[C@H](CO)CC1CCCC1. The number of carbonyl (C=O) groups is 1. The predicted molar refractivity (Wildman–Crippen MR) is 67.1 cm³/mol. The number of amides is 1. The average molecular weight is 243 g/mol. The molecule has 0 aromatic carbocycles. The summed E-state index contributed by atoms with van der Waals surface area (Å²) in [5.41, 5.74) is -0.460. The molecule has 100 valence electrons. The van der Waals surface area contributed by atoms with Crippen LogP contribution in [0.5, 0.6) is 0 Å². The topological polar surface area (TPSA) is 60.8 Å². The standard InChI is InChI=1S/C13H25NO3/c1-13(2,3)14(12(16)17)11(9-15)8-10-6-4-5-7-10/h10-11,15H,4-9H2,1-3H3,(H,16,17)/t11-/m0/s1. The molecule has 4 nitrogen and oxygen atoms in total. The zero-order valence-electron chi connectivity index (χ0n) is 11.1. The fourth-order valence-electron chi connectivity index (χ4n) is 2.88. The number of aliphatic hydroxyl groups excluding tert-OH is 1. The zero-order chi connectivity index (χ0) is 13.1. The van der Waals surface area contributed by atoms with Crippen molar-refractivity contribution in [3.05, 3.63) is 0 Å². The summed E-state index contributed by atoms with van der Waals surface area (Å²) in [5, 5.41) is 18.8. The van der Waals surface area contributed by atoms with Crippen molar-refractivity contribution in [1.29, 1.82) is 0 Å². The van der Waals surface area contributed by atoms with E-state index in [9.17, 15) is 15.0 Å². The predicted octanol–water partition coefficient (Wildman–Crippen LogP) is 2.71. The number of carboxylic acid groups (broad SMARTS) is 1. The number of nitrogens with zero attached hydrogens (tertiary/aromatic N) is 1. The third-order valence-corrected chi connectivity index (χ3v) is 3.58. The largest absolute Gasteiger partial charge is 0.465 e. The van der Waals surface area contributed by atoms with Gasteiger partial charge in [-0.3, -0.25) is 4.90 Å². The summed E-state index contributed by atoms with van der Waals surface area (Å²) in [6.45, 7) is 5.54. The summed E-state index contributed by atoms with van der Waals surface area (Å²) in [4.78, 5) is 12.7. The van der Waals surface area contributed by atoms with Crippen LogP contribution in [0.15, 0.2) is 0 Å². The molecule has 17 heavy (non-hydrogen) atoms. The molecule has 4 heteroatoms. The lowest BCUT2D eigenvalue weighted by Crippen LogP contribution is -2.53. The van der Waals surface area contributed by atoms with Crippen LogP contribution < -0.4 is 0 Å². The molecule has 0 bridgehead atoms. The van der Waals surface area contributed by atoms with Gasteiger partial charge < -0.3 is 10.2 Å². The molecule has 1 aliphatic rings. The van der Waals surface area contributed by atoms with E-state index in [1.54, 1.807) is 0 Å². The van der Waals surface area contributed by atoms with Gasteiger partial charge >= 0.3 is 6.09 Å². The second-order valence-corrected chi connectivity index (χ2v) is 6.05. The molecule has 2 N–H and O–H groups in total. The Morgan fingerprint density at radius 1 is 1.35 bits per heavy atom. The maximum atomic E-state index is 11.3. The molecule has 1 saturated carbocycles. The molecule has 0 heterocycles. The van der Waals surface area contributed by atoms with Crippen LogP contribution in [0.3, 0.4) is 0 Å². The van der Waals surface area contributed by atoms with Crippen LogP contribution in [0.1, 0.15) is 52.9 Å². The molecular formula is C13H25NO3. The van der Waals surface area contributed by atoms with Gasteiger partial charge in [0.05, 0.1) is 12.6 Å². The average Bonchev–Trinajstić information content (AvgIpc) is 2.66. The first kappa shape index (κ1) is 14.3. The molecule has 1 atom stereocenters. The van der Waals surface area contributed by atoms with Crippen molar-refractivity contribution in [3.8, 4) is 0 Å². The van der Waals surface area contributed by atoms with Crippen molar-refractivity contribution in [2.45, 2.75) is 64.5 Å². The highest BCUT2D eigenvalue weighted by Gasteiger charge is 2.34. The smallest absolute Gasteiger partial charge is 0.408 e. The number of aliphatic hydroxyl groups is 1. The molecule has 0 unspecified atom stereocenters. The summed E-state index contributed by atoms with van der Waals surface area (Å²) in [7, 11) is 0. The number of rotatable bonds is 4. The fraction of sp³-hybridized carbons (Fsp3) is 0.923. The molecule has 1 rings (SSSR count). The molecule has 0 aromatic heterocycles. The van der Waals surface area contributed by atoms with Crippen LogP contribution >= 0.6 is 0 Å². The molecule has 0 saturated heterocycles. The first-order valence-corrected chi connectivity index (χ1v) is 6.49. The number of hydrogen-bond donors (Lipinski definition) is 2. The van der Waals surface area contributed by atoms with Crippen LogP contribution in [0.2, 0.25) is 0 Å². The highest BCUT2D eigenvalue weighted by molar-refractivity contribution is 5.66. The van der Waals surface area contributed by atoms with Crippen LogP contribution in [-0.4, -0.2) is 39.4 Å². The van der Waals surface area contributed by atoms with E-state index >= 15 is 0 Å². The number of hydrogen-bond acceptors (Lipinski definition) is 2. The van der Waals surface area contributed by atoms with Crippen molar-refractivity contribution in [2.75, 3.05) is 6.61 Å². The van der Waals surface area contributed by atoms with Gasteiger partial charge in [-0.2, -0.15) is 0 Å². The van der Waals surface area contributed by atoms with Gasteiger partial charge in [0.1, 0.15) is 0 Å². The molecule has 0 aromatic rings. The van der Waals surface area contributed by atoms with Crippen molar-refractivity contribution < 1.29 is 15.0 Å². The summed E-state index contributed by atoms with van der Waals surface area (Å²) < 4.78 is 0. The minimum Gasteiger partial charge on any atom is -0.465 e. The Bertz CT molecular complexity index is 254. The van der Waals surface area contributed by atoms with Gasteiger partial charge in [0, 0.05) is 5.54 Å². The van der Waals surface area contributed by atoms with E-state index in [1.165, 1.54) is 30.6 Å². The van der Waals surface area contributed by atoms with Gasteiger partial charge in [-0.15, -0.1) is 0 Å². The Morgan fingerprint density at radius 3 is 2.24 bits per heavy atom. The Morgan fingerprint density at radius 2 is 1.88 bits per heavy atom. The summed E-state index contributed by atoms with van der Waals surface area (Å²) in [6.07, 6.45) is 4.69. The van der Waals surface area contributed by atoms with Crippen molar-refractivity contribution in [3.63, 3.8) is 0 Å². The lowest BCUT2D eigenvalue weighted by Gasteiger charge is -2.39. The highest BCUT2D eigenvalue weighted by atomic mass is 16.4. The highest BCUT2D eigenvalue weighted by Crippen LogP contribution is 2.31. The van der Waals surface area contributed by atoms with Gasteiger partial charge in [-0.1, -0.05) is 25.7 Å². The van der Waals surface area contributed by atoms with Crippen LogP contribution in [0.25, 0.3) is 0 Å². The van der Waals surface area contributed by atoms with E-state index in [1.807, 2.05) is 20.8 Å². The lowest BCUT2D eigenvalue weighted by atomic mass is 9.94. The maximum absolute atomic E-state index is 11.3. The Kier molecular flexibility index (Phi) is 4.80. The van der Waals surface area contributed by atoms with Gasteiger partial charge in [-0.25, -0.2) is 4.79 Å². The molecule has 0 spiro atoms. The summed E-state index contributed by atoms with van der Waals surface area (Å²) in [5.74, 6) is 0.580. The van der Waals surface area contributed by atoms with E-state index in [2.05, 4.69) is 0 Å². The van der Waals surface area contributed by atoms with Crippen LogP contribution in [0.4, 0.5) is 4.79 Å². The van der Waals surface area contributed by atoms with Crippen LogP contribution in [0, 0.1) is 5.92 Å². The minimum atomic E-state index is -0.936. The van der Waals surface area contributed by atoms with Crippen LogP contribution in [-0.2, 0) is 0 Å². The first-order valence-electron chi connectivity index (χ1n) is 6.49. The Balaban J connectivity index is 2.70. The van der Waals surface area contributed by atoms with E-state index < -0.39 is 11.6 Å². The minimum absolute atomic E-state index is 0.0833. The Hall–Kier alpha value is -0.770. The van der Waals surface area contributed by atoms with Crippen molar-refractivity contribution >= 4 is 6.09 Å².